The van der Waals surface area contributed by atoms with Gasteiger partial charge in [-0.2, -0.15) is 0 Å². The number of hydrogen-bond donors (Lipinski definition) is 1. The van der Waals surface area contributed by atoms with Crippen LogP contribution in [0.4, 0.5) is 0 Å². The van der Waals surface area contributed by atoms with Crippen molar-refractivity contribution in [2.45, 2.75) is 19.4 Å². The second kappa shape index (κ2) is 8.57. The molecule has 2 aromatic rings. The van der Waals surface area contributed by atoms with Crippen molar-refractivity contribution in [1.29, 1.82) is 0 Å². The Labute approximate surface area is 169 Å². The van der Waals surface area contributed by atoms with Gasteiger partial charge in [-0.1, -0.05) is 48.0 Å². The number of aryl methyl sites for hydroxylation is 1. The van der Waals surface area contributed by atoms with E-state index in [1.54, 1.807) is 24.3 Å². The van der Waals surface area contributed by atoms with Gasteiger partial charge in [0.25, 0.3) is 5.91 Å². The third-order valence-corrected chi connectivity index (χ3v) is 6.41. The molecule has 8 heteroatoms. The van der Waals surface area contributed by atoms with E-state index in [0.717, 1.165) is 5.56 Å². The minimum absolute atomic E-state index is 0.0340. The Hall–Kier alpha value is -3.00. The van der Waals surface area contributed by atoms with Crippen LogP contribution in [0.5, 0.6) is 0 Å². The van der Waals surface area contributed by atoms with Crippen LogP contribution in [0, 0.1) is 6.92 Å². The van der Waals surface area contributed by atoms with Crippen molar-refractivity contribution in [1.82, 2.24) is 5.32 Å². The highest BCUT2D eigenvalue weighted by molar-refractivity contribution is 7.91. The third-order valence-electron chi connectivity index (χ3n) is 4.64. The number of rotatable bonds is 6. The van der Waals surface area contributed by atoms with E-state index >= 15 is 0 Å². The number of ether oxygens (including phenoxy) is 1. The minimum Gasteiger partial charge on any atom is -0.452 e. The van der Waals surface area contributed by atoms with Gasteiger partial charge in [0, 0.05) is 17.2 Å². The van der Waals surface area contributed by atoms with Gasteiger partial charge in [0.05, 0.1) is 17.1 Å². The minimum atomic E-state index is -3.12. The smallest absolute Gasteiger partial charge is 0.339 e. The molecule has 0 aromatic heterocycles. The highest BCUT2D eigenvalue weighted by Crippen LogP contribution is 2.17. The van der Waals surface area contributed by atoms with E-state index in [0.29, 0.717) is 12.0 Å². The standard InChI is InChI=1S/C21H21NO6S/c1-14-6-8-15(9-7-14)20(24)17-4-2-3-5-18(17)21(25)28-12-19(23)22-16-10-11-29(26,27)13-16/h2-9,16H,10-13H2,1H3,(H,22,23)/t16-/m1/s1. The maximum absolute atomic E-state index is 12.8. The molecule has 29 heavy (non-hydrogen) atoms. The summed E-state index contributed by atoms with van der Waals surface area (Å²) in [6.45, 7) is 1.36. The lowest BCUT2D eigenvalue weighted by atomic mass is 9.98. The molecule has 0 spiro atoms. The van der Waals surface area contributed by atoms with Crippen LogP contribution in [0.25, 0.3) is 0 Å². The van der Waals surface area contributed by atoms with Crippen LogP contribution < -0.4 is 5.32 Å². The third kappa shape index (κ3) is 5.29. The zero-order valence-electron chi connectivity index (χ0n) is 15.9. The second-order valence-electron chi connectivity index (χ2n) is 6.98. The predicted molar refractivity (Wildman–Crippen MR) is 107 cm³/mol. The number of nitrogens with one attached hydrogen (secondary N) is 1. The molecule has 1 saturated heterocycles. The molecule has 152 valence electrons. The van der Waals surface area contributed by atoms with E-state index in [1.807, 2.05) is 19.1 Å². The van der Waals surface area contributed by atoms with Gasteiger partial charge in [0.2, 0.25) is 0 Å². The van der Waals surface area contributed by atoms with E-state index < -0.39 is 34.4 Å². The molecule has 0 bridgehead atoms. The number of ketones is 1. The van der Waals surface area contributed by atoms with Gasteiger partial charge in [-0.15, -0.1) is 0 Å². The fourth-order valence-electron chi connectivity index (χ4n) is 3.11. The van der Waals surface area contributed by atoms with E-state index in [4.69, 9.17) is 4.74 Å². The van der Waals surface area contributed by atoms with Gasteiger partial charge in [-0.3, -0.25) is 9.59 Å². The SMILES string of the molecule is Cc1ccc(C(=O)c2ccccc2C(=O)OCC(=O)N[C@@H]2CCS(=O)(=O)C2)cc1. The molecule has 0 unspecified atom stereocenters. The van der Waals surface area contributed by atoms with Gasteiger partial charge < -0.3 is 10.1 Å². The van der Waals surface area contributed by atoms with Crippen LogP contribution >= 0.6 is 0 Å². The fraction of sp³-hybridized carbons (Fsp3) is 0.286. The fourth-order valence-corrected chi connectivity index (χ4v) is 4.78. The van der Waals surface area contributed by atoms with Crippen molar-refractivity contribution in [3.05, 3.63) is 70.8 Å². The van der Waals surface area contributed by atoms with Crippen molar-refractivity contribution in [2.24, 2.45) is 0 Å². The Balaban J connectivity index is 1.65. The van der Waals surface area contributed by atoms with Gasteiger partial charge in [0.15, 0.2) is 22.2 Å². The normalized spacial score (nSPS) is 17.5. The molecule has 1 heterocycles. The largest absolute Gasteiger partial charge is 0.452 e. The van der Waals surface area contributed by atoms with Crippen LogP contribution in [-0.4, -0.2) is 50.2 Å². The molecule has 0 radical (unpaired) electrons. The van der Waals surface area contributed by atoms with E-state index in [-0.39, 0.29) is 28.4 Å². The van der Waals surface area contributed by atoms with Crippen LogP contribution in [0.3, 0.4) is 0 Å². The summed E-state index contributed by atoms with van der Waals surface area (Å²) >= 11 is 0. The molecular weight excluding hydrogens is 394 g/mol. The van der Waals surface area contributed by atoms with Gasteiger partial charge >= 0.3 is 5.97 Å². The van der Waals surface area contributed by atoms with Gasteiger partial charge in [-0.05, 0) is 19.4 Å². The average Bonchev–Trinajstić information content (AvgIpc) is 3.04. The molecule has 1 N–H and O–H groups in total. The summed E-state index contributed by atoms with van der Waals surface area (Å²) in [4.78, 5) is 37.2. The number of carbonyl (C=O) groups is 3. The summed E-state index contributed by atoms with van der Waals surface area (Å²) in [5, 5.41) is 2.55. The molecule has 1 aliphatic heterocycles. The Morgan fingerprint density at radius 3 is 2.31 bits per heavy atom. The first-order chi connectivity index (χ1) is 13.7. The molecule has 3 rings (SSSR count). The lowest BCUT2D eigenvalue weighted by Crippen LogP contribution is -2.38. The van der Waals surface area contributed by atoms with Crippen LogP contribution in [0.1, 0.15) is 38.3 Å². The monoisotopic (exact) mass is 415 g/mol. The summed E-state index contributed by atoms with van der Waals surface area (Å²) in [6, 6.07) is 12.8. The number of hydrogen-bond acceptors (Lipinski definition) is 6. The number of carbonyl (C=O) groups excluding carboxylic acids is 3. The van der Waals surface area contributed by atoms with Crippen molar-refractivity contribution >= 4 is 27.5 Å². The summed E-state index contributed by atoms with van der Waals surface area (Å²) in [5.41, 5.74) is 1.70. The van der Waals surface area contributed by atoms with Crippen molar-refractivity contribution in [2.75, 3.05) is 18.1 Å². The summed E-state index contributed by atoms with van der Waals surface area (Å²) in [5.74, 6) is -1.77. The molecule has 0 saturated carbocycles. The predicted octanol–water partition coefficient (Wildman–Crippen LogP) is 1.69. The molecule has 1 atom stereocenters. The topological polar surface area (TPSA) is 107 Å². The molecule has 2 aromatic carbocycles. The molecule has 7 nitrogen and oxygen atoms in total. The number of sulfone groups is 1. The van der Waals surface area contributed by atoms with E-state index in [2.05, 4.69) is 5.32 Å². The molecule has 1 amide bonds. The molecule has 0 aliphatic carbocycles. The van der Waals surface area contributed by atoms with Crippen molar-refractivity contribution in [3.63, 3.8) is 0 Å². The number of benzene rings is 2. The quantitative estimate of drug-likeness (QED) is 0.568. The van der Waals surface area contributed by atoms with Crippen LogP contribution in [-0.2, 0) is 19.4 Å². The van der Waals surface area contributed by atoms with Crippen molar-refractivity contribution in [3.8, 4) is 0 Å². The summed E-state index contributed by atoms with van der Waals surface area (Å²) in [7, 11) is -3.12. The van der Waals surface area contributed by atoms with Gasteiger partial charge in [-0.25, -0.2) is 13.2 Å². The van der Waals surface area contributed by atoms with Crippen LogP contribution in [0.15, 0.2) is 48.5 Å². The number of amides is 1. The zero-order chi connectivity index (χ0) is 21.0. The van der Waals surface area contributed by atoms with Gasteiger partial charge in [0.1, 0.15) is 0 Å². The Morgan fingerprint density at radius 2 is 1.69 bits per heavy atom. The lowest BCUT2D eigenvalue weighted by molar-refractivity contribution is -0.124. The summed E-state index contributed by atoms with van der Waals surface area (Å²) < 4.78 is 27.9. The first kappa shape index (κ1) is 20.7. The first-order valence-corrected chi connectivity index (χ1v) is 10.9. The first-order valence-electron chi connectivity index (χ1n) is 9.12. The maximum Gasteiger partial charge on any atom is 0.339 e. The average molecular weight is 415 g/mol. The van der Waals surface area contributed by atoms with Crippen LogP contribution in [0.2, 0.25) is 0 Å². The Morgan fingerprint density at radius 1 is 1.03 bits per heavy atom. The molecule has 1 fully saturated rings. The van der Waals surface area contributed by atoms with Crippen molar-refractivity contribution < 1.29 is 27.5 Å². The highest BCUT2D eigenvalue weighted by Gasteiger charge is 2.29. The molecular formula is C21H21NO6S. The second-order valence-corrected chi connectivity index (χ2v) is 9.21. The Bertz CT molecular complexity index is 1040. The van der Waals surface area contributed by atoms with E-state index in [1.165, 1.54) is 12.1 Å². The highest BCUT2D eigenvalue weighted by atomic mass is 32.2. The van der Waals surface area contributed by atoms with E-state index in [9.17, 15) is 22.8 Å². The molecule has 1 aliphatic rings. The summed E-state index contributed by atoms with van der Waals surface area (Å²) in [6.07, 6.45) is 0.343. The Kier molecular flexibility index (Phi) is 6.12. The lowest BCUT2D eigenvalue weighted by Gasteiger charge is -2.12. The zero-order valence-corrected chi connectivity index (χ0v) is 16.7. The number of esters is 1. The maximum atomic E-state index is 12.8.